The molecule has 162 valence electrons. The SMILES string of the molecule is CCOCCCNC(=NCc1nnc(C)n1C)NCCc1cc(F)ccc1F.I. The third-order valence-corrected chi connectivity index (χ3v) is 4.22. The highest BCUT2D eigenvalue weighted by Gasteiger charge is 2.07. The Bertz CT molecular complexity index is 784. The fourth-order valence-electron chi connectivity index (χ4n) is 2.49. The van der Waals surface area contributed by atoms with Crippen molar-refractivity contribution in [1.82, 2.24) is 25.4 Å². The lowest BCUT2D eigenvalue weighted by atomic mass is 10.1. The monoisotopic (exact) mass is 522 g/mol. The fraction of sp³-hybridized carbons (Fsp3) is 0.526. The number of ether oxygens (including phenoxy) is 1. The minimum Gasteiger partial charge on any atom is -0.382 e. The smallest absolute Gasteiger partial charge is 0.191 e. The molecule has 0 fully saturated rings. The predicted octanol–water partition coefficient (Wildman–Crippen LogP) is 2.72. The number of nitrogens with one attached hydrogen (secondary N) is 2. The highest BCUT2D eigenvalue weighted by molar-refractivity contribution is 14.0. The molecule has 2 aromatic rings. The Hall–Kier alpha value is -1.82. The zero-order valence-corrected chi connectivity index (χ0v) is 19.4. The highest BCUT2D eigenvalue weighted by atomic mass is 127. The van der Waals surface area contributed by atoms with Gasteiger partial charge >= 0.3 is 0 Å². The first-order valence-corrected chi connectivity index (χ1v) is 9.40. The zero-order valence-electron chi connectivity index (χ0n) is 17.0. The number of aliphatic imine (C=N–C) groups is 1. The van der Waals surface area contributed by atoms with Gasteiger partial charge in [-0.1, -0.05) is 0 Å². The molecule has 0 saturated carbocycles. The second kappa shape index (κ2) is 13.4. The molecule has 29 heavy (non-hydrogen) atoms. The molecule has 0 radical (unpaired) electrons. The summed E-state index contributed by atoms with van der Waals surface area (Å²) in [5.74, 6) is 1.27. The van der Waals surface area contributed by atoms with Crippen LogP contribution in [0.2, 0.25) is 0 Å². The van der Waals surface area contributed by atoms with E-state index in [9.17, 15) is 8.78 Å². The first-order valence-electron chi connectivity index (χ1n) is 9.40. The van der Waals surface area contributed by atoms with E-state index in [0.29, 0.717) is 50.8 Å². The molecule has 0 aliphatic carbocycles. The van der Waals surface area contributed by atoms with Crippen molar-refractivity contribution in [3.63, 3.8) is 0 Å². The zero-order chi connectivity index (χ0) is 20.4. The lowest BCUT2D eigenvalue weighted by molar-refractivity contribution is 0.145. The quantitative estimate of drug-likeness (QED) is 0.217. The summed E-state index contributed by atoms with van der Waals surface area (Å²) < 4.78 is 34.3. The van der Waals surface area contributed by atoms with Crippen molar-refractivity contribution in [2.75, 3.05) is 26.3 Å². The number of benzene rings is 1. The van der Waals surface area contributed by atoms with Gasteiger partial charge in [-0.3, -0.25) is 0 Å². The van der Waals surface area contributed by atoms with E-state index in [0.717, 1.165) is 30.2 Å². The first kappa shape index (κ1) is 25.2. The molecular formula is C19H29F2IN6O. The maximum Gasteiger partial charge on any atom is 0.191 e. The van der Waals surface area contributed by atoms with E-state index < -0.39 is 11.6 Å². The molecule has 7 nitrogen and oxygen atoms in total. The van der Waals surface area contributed by atoms with Gasteiger partial charge in [-0.25, -0.2) is 13.8 Å². The van der Waals surface area contributed by atoms with Gasteiger partial charge in [-0.15, -0.1) is 34.2 Å². The van der Waals surface area contributed by atoms with Gasteiger partial charge in [0, 0.05) is 33.4 Å². The minimum absolute atomic E-state index is 0. The van der Waals surface area contributed by atoms with Crippen LogP contribution in [0.4, 0.5) is 8.78 Å². The Labute approximate surface area is 187 Å². The maximum absolute atomic E-state index is 13.8. The van der Waals surface area contributed by atoms with Gasteiger partial charge in [0.25, 0.3) is 0 Å². The van der Waals surface area contributed by atoms with Crippen LogP contribution in [0.5, 0.6) is 0 Å². The largest absolute Gasteiger partial charge is 0.382 e. The van der Waals surface area contributed by atoms with E-state index in [1.165, 1.54) is 6.07 Å². The van der Waals surface area contributed by atoms with Crippen molar-refractivity contribution in [3.05, 3.63) is 47.0 Å². The molecule has 2 rings (SSSR count). The topological polar surface area (TPSA) is 76.4 Å². The van der Waals surface area contributed by atoms with Gasteiger partial charge in [0.2, 0.25) is 0 Å². The molecule has 0 bridgehead atoms. The standard InChI is InChI=1S/C19H28F2N6O.HI/c1-4-28-11-5-9-22-19(24-13-18-26-25-14(2)27(18)3)23-10-8-15-12-16(20)6-7-17(15)21;/h6-7,12H,4-5,8-11,13H2,1-3H3,(H2,22,23,24);1H. The van der Waals surface area contributed by atoms with Gasteiger partial charge in [0.1, 0.15) is 24.0 Å². The van der Waals surface area contributed by atoms with E-state index in [-0.39, 0.29) is 24.0 Å². The Morgan fingerprint density at radius 2 is 1.97 bits per heavy atom. The Morgan fingerprint density at radius 1 is 1.21 bits per heavy atom. The number of nitrogens with zero attached hydrogens (tertiary/aromatic N) is 4. The van der Waals surface area contributed by atoms with E-state index in [2.05, 4.69) is 25.8 Å². The lowest BCUT2D eigenvalue weighted by Gasteiger charge is -2.13. The van der Waals surface area contributed by atoms with Gasteiger partial charge in [0.15, 0.2) is 11.8 Å². The van der Waals surface area contributed by atoms with Gasteiger partial charge in [0.05, 0.1) is 0 Å². The third kappa shape index (κ3) is 8.60. The Morgan fingerprint density at radius 3 is 2.66 bits per heavy atom. The lowest BCUT2D eigenvalue weighted by Crippen LogP contribution is -2.39. The summed E-state index contributed by atoms with van der Waals surface area (Å²) in [7, 11) is 1.88. The van der Waals surface area contributed by atoms with Crippen LogP contribution in [0.1, 0.15) is 30.6 Å². The molecule has 0 spiro atoms. The molecule has 1 aromatic carbocycles. The number of aryl methyl sites for hydroxylation is 1. The van der Waals surface area contributed by atoms with E-state index in [1.807, 2.05) is 25.5 Å². The van der Waals surface area contributed by atoms with Crippen molar-refractivity contribution in [2.24, 2.45) is 12.0 Å². The number of hydrogen-bond acceptors (Lipinski definition) is 4. The molecule has 2 N–H and O–H groups in total. The van der Waals surface area contributed by atoms with Crippen molar-refractivity contribution >= 4 is 29.9 Å². The molecule has 0 aliphatic rings. The van der Waals surface area contributed by atoms with Crippen molar-refractivity contribution < 1.29 is 13.5 Å². The number of aromatic nitrogens is 3. The normalized spacial score (nSPS) is 11.3. The van der Waals surface area contributed by atoms with Crippen LogP contribution in [0.25, 0.3) is 0 Å². The molecule has 0 saturated heterocycles. The Balaban J connectivity index is 0.00000420. The highest BCUT2D eigenvalue weighted by Crippen LogP contribution is 2.09. The molecule has 0 aliphatic heterocycles. The van der Waals surface area contributed by atoms with Crippen LogP contribution in [0.15, 0.2) is 23.2 Å². The van der Waals surface area contributed by atoms with Crippen LogP contribution in [-0.4, -0.2) is 47.0 Å². The number of rotatable bonds is 10. The summed E-state index contributed by atoms with van der Waals surface area (Å²) in [4.78, 5) is 4.52. The third-order valence-electron chi connectivity index (χ3n) is 4.22. The van der Waals surface area contributed by atoms with Crippen molar-refractivity contribution in [2.45, 2.75) is 33.2 Å². The number of halogens is 3. The summed E-state index contributed by atoms with van der Waals surface area (Å²) in [6.45, 7) is 6.62. The Kier molecular flexibility index (Phi) is 11.7. The van der Waals surface area contributed by atoms with Crippen LogP contribution >= 0.6 is 24.0 Å². The van der Waals surface area contributed by atoms with Crippen LogP contribution < -0.4 is 10.6 Å². The number of hydrogen-bond donors (Lipinski definition) is 2. The van der Waals surface area contributed by atoms with E-state index >= 15 is 0 Å². The molecule has 0 atom stereocenters. The van der Waals surface area contributed by atoms with Gasteiger partial charge in [-0.05, 0) is 50.5 Å². The molecule has 1 heterocycles. The van der Waals surface area contributed by atoms with Gasteiger partial charge < -0.3 is 19.9 Å². The second-order valence-electron chi connectivity index (χ2n) is 6.28. The average Bonchev–Trinajstić information content (AvgIpc) is 3.00. The summed E-state index contributed by atoms with van der Waals surface area (Å²) >= 11 is 0. The fourth-order valence-corrected chi connectivity index (χ4v) is 2.49. The van der Waals surface area contributed by atoms with Gasteiger partial charge in [-0.2, -0.15) is 0 Å². The maximum atomic E-state index is 13.8. The van der Waals surface area contributed by atoms with Crippen LogP contribution in [0, 0.1) is 18.6 Å². The predicted molar refractivity (Wildman–Crippen MR) is 119 cm³/mol. The summed E-state index contributed by atoms with van der Waals surface area (Å²) in [5.41, 5.74) is 0.326. The molecular weight excluding hydrogens is 493 g/mol. The van der Waals surface area contributed by atoms with Crippen LogP contribution in [0.3, 0.4) is 0 Å². The van der Waals surface area contributed by atoms with Crippen molar-refractivity contribution in [1.29, 1.82) is 0 Å². The molecule has 0 unspecified atom stereocenters. The molecule has 10 heteroatoms. The van der Waals surface area contributed by atoms with Crippen molar-refractivity contribution in [3.8, 4) is 0 Å². The second-order valence-corrected chi connectivity index (χ2v) is 6.28. The summed E-state index contributed by atoms with van der Waals surface area (Å²) in [5, 5.41) is 14.5. The molecule has 0 amide bonds. The van der Waals surface area contributed by atoms with Crippen LogP contribution in [-0.2, 0) is 24.8 Å². The minimum atomic E-state index is -0.447. The summed E-state index contributed by atoms with van der Waals surface area (Å²) in [6.07, 6.45) is 1.17. The van der Waals surface area contributed by atoms with E-state index in [1.54, 1.807) is 0 Å². The summed E-state index contributed by atoms with van der Waals surface area (Å²) in [6, 6.07) is 3.47. The average molecular weight is 522 g/mol. The van der Waals surface area contributed by atoms with E-state index in [4.69, 9.17) is 4.74 Å². The molecule has 1 aromatic heterocycles. The number of guanidine groups is 1. The first-order chi connectivity index (χ1) is 13.5.